The summed E-state index contributed by atoms with van der Waals surface area (Å²) in [5, 5.41) is 4.77. The average Bonchev–Trinajstić information content (AvgIpc) is 3.17. The zero-order chi connectivity index (χ0) is 22.8. The Morgan fingerprint density at radius 3 is 2.52 bits per heavy atom. The molecule has 5 heteroatoms. The molecule has 1 saturated carbocycles. The topological polar surface area (TPSA) is 68.8 Å². The number of imidazole rings is 1. The Morgan fingerprint density at radius 2 is 1.79 bits per heavy atom. The zero-order valence-electron chi connectivity index (χ0n) is 19.9. The third-order valence-electron chi connectivity index (χ3n) is 7.25. The van der Waals surface area contributed by atoms with E-state index in [1.165, 1.54) is 30.4 Å². The van der Waals surface area contributed by atoms with Crippen molar-refractivity contribution in [1.82, 2.24) is 19.9 Å². The van der Waals surface area contributed by atoms with Crippen molar-refractivity contribution in [3.05, 3.63) is 65.5 Å². The first kappa shape index (κ1) is 21.9. The molecule has 0 unspecified atom stereocenters. The number of benzene rings is 2. The van der Waals surface area contributed by atoms with E-state index in [0.29, 0.717) is 11.2 Å². The summed E-state index contributed by atoms with van der Waals surface area (Å²) >= 11 is 0. The number of nitrogens with two attached hydrogens (primary N) is 1. The summed E-state index contributed by atoms with van der Waals surface area (Å²) < 4.78 is 2.36. The zero-order valence-corrected chi connectivity index (χ0v) is 19.9. The molecule has 0 amide bonds. The second-order valence-electron chi connectivity index (χ2n) is 10.0. The predicted octanol–water partition coefficient (Wildman–Crippen LogP) is 5.84. The summed E-state index contributed by atoms with van der Waals surface area (Å²) in [5.74, 6) is 1.61. The molecule has 33 heavy (non-hydrogen) atoms. The third kappa shape index (κ3) is 4.47. The van der Waals surface area contributed by atoms with Crippen molar-refractivity contribution in [1.29, 1.82) is 0 Å². The maximum absolute atomic E-state index is 6.34. The number of nitrogen functional groups attached to an aromatic ring is 1. The number of unbranched alkanes of at least 4 members (excludes halogenated alkanes) is 1. The van der Waals surface area contributed by atoms with Crippen LogP contribution >= 0.6 is 0 Å². The molecule has 1 fully saturated rings. The fourth-order valence-electron chi connectivity index (χ4n) is 5.01. The summed E-state index contributed by atoms with van der Waals surface area (Å²) in [6.07, 6.45) is 7.28. The minimum atomic E-state index is 0.511. The largest absolute Gasteiger partial charge is 0.382 e. The number of fused-ring (bicyclic) bond motifs is 3. The van der Waals surface area contributed by atoms with Gasteiger partial charge in [-0.2, -0.15) is 0 Å². The van der Waals surface area contributed by atoms with E-state index >= 15 is 0 Å². The number of nitrogens with one attached hydrogen (secondary N) is 1. The van der Waals surface area contributed by atoms with E-state index in [0.717, 1.165) is 66.7 Å². The minimum Gasteiger partial charge on any atom is -0.382 e. The van der Waals surface area contributed by atoms with Crippen molar-refractivity contribution in [2.75, 3.05) is 12.3 Å². The number of rotatable bonds is 9. The first-order valence-corrected chi connectivity index (χ1v) is 12.4. The second kappa shape index (κ2) is 9.14. The first-order chi connectivity index (χ1) is 16.1. The quantitative estimate of drug-likeness (QED) is 0.342. The summed E-state index contributed by atoms with van der Waals surface area (Å²) in [5.41, 5.74) is 12.3. The van der Waals surface area contributed by atoms with Gasteiger partial charge in [0.15, 0.2) is 5.82 Å². The van der Waals surface area contributed by atoms with Gasteiger partial charge in [-0.15, -0.1) is 0 Å². The fourth-order valence-corrected chi connectivity index (χ4v) is 5.01. The Morgan fingerprint density at radius 1 is 1.03 bits per heavy atom. The van der Waals surface area contributed by atoms with E-state index in [2.05, 4.69) is 65.1 Å². The van der Waals surface area contributed by atoms with E-state index < -0.39 is 0 Å². The van der Waals surface area contributed by atoms with Crippen molar-refractivity contribution in [3.8, 4) is 0 Å². The minimum absolute atomic E-state index is 0.511. The standard InChI is InChI=1S/C28H35N5/c1-3-4-10-24-32-25-26(22-8-5-6-9-23(22)31-27(25)29)33(24)18-21-13-11-20(12-14-21)17-30-19-28(2)15-7-16-28/h5-6,8-9,11-14,30H,3-4,7,10,15-19H2,1-2H3,(H2,29,31). The molecular formula is C28H35N5. The maximum atomic E-state index is 6.34. The van der Waals surface area contributed by atoms with Crippen LogP contribution in [-0.4, -0.2) is 21.1 Å². The van der Waals surface area contributed by atoms with Gasteiger partial charge in [-0.1, -0.05) is 69.2 Å². The van der Waals surface area contributed by atoms with Crippen molar-refractivity contribution < 1.29 is 0 Å². The van der Waals surface area contributed by atoms with E-state index in [4.69, 9.17) is 10.7 Å². The Hall–Kier alpha value is -2.92. The van der Waals surface area contributed by atoms with Gasteiger partial charge in [-0.25, -0.2) is 9.97 Å². The number of aryl methyl sites for hydroxylation is 1. The molecule has 5 rings (SSSR count). The number of hydrogen-bond acceptors (Lipinski definition) is 4. The van der Waals surface area contributed by atoms with Gasteiger partial charge in [0.1, 0.15) is 11.3 Å². The number of anilines is 1. The molecule has 0 aliphatic heterocycles. The molecule has 4 aromatic rings. The average molecular weight is 442 g/mol. The van der Waals surface area contributed by atoms with E-state index in [9.17, 15) is 0 Å². The Balaban J connectivity index is 1.42. The van der Waals surface area contributed by atoms with Crippen LogP contribution in [0.1, 0.15) is 62.9 Å². The molecule has 0 radical (unpaired) electrons. The lowest BCUT2D eigenvalue weighted by Crippen LogP contribution is -2.36. The van der Waals surface area contributed by atoms with Crippen LogP contribution in [0.4, 0.5) is 5.82 Å². The molecule has 3 N–H and O–H groups in total. The van der Waals surface area contributed by atoms with Gasteiger partial charge in [-0.3, -0.25) is 0 Å². The maximum Gasteiger partial charge on any atom is 0.152 e. The van der Waals surface area contributed by atoms with Crippen molar-refractivity contribution in [3.63, 3.8) is 0 Å². The number of nitrogens with zero attached hydrogens (tertiary/aromatic N) is 3. The highest BCUT2D eigenvalue weighted by molar-refractivity contribution is 6.06. The smallest absolute Gasteiger partial charge is 0.152 e. The number of hydrogen-bond donors (Lipinski definition) is 2. The molecule has 0 saturated heterocycles. The van der Waals surface area contributed by atoms with E-state index in [-0.39, 0.29) is 0 Å². The molecular weight excluding hydrogens is 406 g/mol. The highest BCUT2D eigenvalue weighted by Crippen LogP contribution is 2.39. The SMILES string of the molecule is CCCCc1nc2c(N)nc3ccccc3c2n1Cc1ccc(CNCC2(C)CCC2)cc1. The monoisotopic (exact) mass is 441 g/mol. The van der Waals surface area contributed by atoms with Crippen LogP contribution in [0.2, 0.25) is 0 Å². The molecule has 0 spiro atoms. The van der Waals surface area contributed by atoms with Crippen molar-refractivity contribution in [2.24, 2.45) is 5.41 Å². The Labute approximate surface area is 196 Å². The summed E-state index contributed by atoms with van der Waals surface area (Å²) in [7, 11) is 0. The number of aromatic nitrogens is 3. The second-order valence-corrected chi connectivity index (χ2v) is 10.0. The highest BCUT2D eigenvalue weighted by Gasteiger charge is 2.30. The molecule has 0 atom stereocenters. The fraction of sp³-hybridized carbons (Fsp3) is 0.429. The van der Waals surface area contributed by atoms with Crippen molar-refractivity contribution in [2.45, 2.75) is 65.5 Å². The Bertz CT molecular complexity index is 1250. The molecule has 1 aliphatic carbocycles. The van der Waals surface area contributed by atoms with Gasteiger partial charge < -0.3 is 15.6 Å². The van der Waals surface area contributed by atoms with Gasteiger partial charge >= 0.3 is 0 Å². The molecule has 0 bridgehead atoms. The Kier molecular flexibility index (Phi) is 6.07. The summed E-state index contributed by atoms with van der Waals surface area (Å²) in [6.45, 7) is 7.44. The van der Waals surface area contributed by atoms with Gasteiger partial charge in [0.25, 0.3) is 0 Å². The lowest BCUT2D eigenvalue weighted by molar-refractivity contribution is 0.156. The van der Waals surface area contributed by atoms with Crippen LogP contribution in [0.15, 0.2) is 48.5 Å². The van der Waals surface area contributed by atoms with E-state index in [1.807, 2.05) is 12.1 Å². The van der Waals surface area contributed by atoms with Crippen LogP contribution in [-0.2, 0) is 19.5 Å². The number of para-hydroxylation sites is 1. The van der Waals surface area contributed by atoms with Gasteiger partial charge in [-0.05, 0) is 41.9 Å². The molecule has 5 nitrogen and oxygen atoms in total. The van der Waals surface area contributed by atoms with Gasteiger partial charge in [0, 0.05) is 31.4 Å². The van der Waals surface area contributed by atoms with E-state index in [1.54, 1.807) is 0 Å². The van der Waals surface area contributed by atoms with Crippen LogP contribution in [0.5, 0.6) is 0 Å². The van der Waals surface area contributed by atoms with Crippen LogP contribution in [0.3, 0.4) is 0 Å². The summed E-state index contributed by atoms with van der Waals surface area (Å²) in [6, 6.07) is 17.2. The third-order valence-corrected chi connectivity index (χ3v) is 7.25. The summed E-state index contributed by atoms with van der Waals surface area (Å²) in [4.78, 5) is 9.56. The van der Waals surface area contributed by atoms with Crippen LogP contribution in [0.25, 0.3) is 21.9 Å². The van der Waals surface area contributed by atoms with Gasteiger partial charge in [0.05, 0.1) is 11.0 Å². The normalized spacial score (nSPS) is 15.2. The predicted molar refractivity (Wildman–Crippen MR) is 137 cm³/mol. The van der Waals surface area contributed by atoms with Gasteiger partial charge in [0.2, 0.25) is 0 Å². The molecule has 172 valence electrons. The van der Waals surface area contributed by atoms with Crippen LogP contribution < -0.4 is 11.1 Å². The molecule has 2 heterocycles. The number of pyridine rings is 1. The molecule has 2 aromatic carbocycles. The molecule has 2 aromatic heterocycles. The first-order valence-electron chi connectivity index (χ1n) is 12.4. The van der Waals surface area contributed by atoms with Crippen LogP contribution in [0, 0.1) is 5.41 Å². The van der Waals surface area contributed by atoms with Crippen molar-refractivity contribution >= 4 is 27.8 Å². The molecule has 1 aliphatic rings. The lowest BCUT2D eigenvalue weighted by atomic mass is 9.70. The lowest BCUT2D eigenvalue weighted by Gasteiger charge is -2.38. The highest BCUT2D eigenvalue weighted by atomic mass is 15.1.